The molecule has 18 heavy (non-hydrogen) atoms. The fourth-order valence-electron chi connectivity index (χ4n) is 2.13. The summed E-state index contributed by atoms with van der Waals surface area (Å²) in [5, 5.41) is 4.00. The zero-order chi connectivity index (χ0) is 13.1. The van der Waals surface area contributed by atoms with Gasteiger partial charge in [0.05, 0.1) is 23.2 Å². The Kier molecular flexibility index (Phi) is 4.49. The normalized spacial score (nSPS) is 18.9. The number of nitrogens with one attached hydrogen (secondary N) is 1. The Morgan fingerprint density at radius 3 is 2.89 bits per heavy atom. The number of rotatable bonds is 4. The molecule has 0 spiro atoms. The van der Waals surface area contributed by atoms with E-state index >= 15 is 0 Å². The van der Waals surface area contributed by atoms with Crippen molar-refractivity contribution in [1.82, 2.24) is 5.32 Å². The van der Waals surface area contributed by atoms with Gasteiger partial charge in [-0.3, -0.25) is 4.79 Å². The van der Waals surface area contributed by atoms with E-state index in [2.05, 4.69) is 5.32 Å². The van der Waals surface area contributed by atoms with E-state index in [1.54, 1.807) is 12.1 Å². The first kappa shape index (κ1) is 13.7. The lowest BCUT2D eigenvalue weighted by Crippen LogP contribution is -2.31. The van der Waals surface area contributed by atoms with Gasteiger partial charge >= 0.3 is 0 Å². The van der Waals surface area contributed by atoms with Crippen LogP contribution in [0.4, 0.5) is 0 Å². The van der Waals surface area contributed by atoms with Crippen molar-refractivity contribution in [3.05, 3.63) is 27.7 Å². The third kappa shape index (κ3) is 2.79. The van der Waals surface area contributed by atoms with E-state index in [1.165, 1.54) is 0 Å². The molecule has 98 valence electrons. The highest BCUT2D eigenvalue weighted by atomic mass is 35.5. The number of hydrogen-bond acceptors (Lipinski definition) is 3. The number of hydrogen-bond donors (Lipinski definition) is 1. The molecule has 0 aliphatic carbocycles. The average molecular weight is 288 g/mol. The molecule has 0 aromatic heterocycles. The van der Waals surface area contributed by atoms with Crippen LogP contribution in [0, 0.1) is 0 Å². The van der Waals surface area contributed by atoms with Crippen LogP contribution >= 0.6 is 23.2 Å². The summed E-state index contributed by atoms with van der Waals surface area (Å²) < 4.78 is 5.46. The quantitative estimate of drug-likeness (QED) is 0.864. The summed E-state index contributed by atoms with van der Waals surface area (Å²) in [7, 11) is 0. The zero-order valence-corrected chi connectivity index (χ0v) is 11.6. The Hall–Kier alpha value is -0.770. The highest BCUT2D eigenvalue weighted by molar-refractivity contribution is 6.36. The van der Waals surface area contributed by atoms with E-state index in [-0.39, 0.29) is 11.8 Å². The number of carbonyl (C=O) groups excluding carboxylic acids is 1. The summed E-state index contributed by atoms with van der Waals surface area (Å²) in [6, 6.07) is 3.06. The molecule has 2 rings (SSSR count). The lowest BCUT2D eigenvalue weighted by Gasteiger charge is -2.15. The molecule has 1 aliphatic heterocycles. The molecule has 1 aromatic rings. The van der Waals surface area contributed by atoms with Crippen LogP contribution in [0.25, 0.3) is 0 Å². The maximum Gasteiger partial charge on any atom is 0.183 e. The predicted molar refractivity (Wildman–Crippen MR) is 73.0 cm³/mol. The summed E-state index contributed by atoms with van der Waals surface area (Å²) in [6.45, 7) is 3.18. The van der Waals surface area contributed by atoms with Crippen LogP contribution in [0.15, 0.2) is 12.1 Å². The van der Waals surface area contributed by atoms with Crippen LogP contribution in [-0.2, 0) is 0 Å². The minimum absolute atomic E-state index is 0.000324. The Bertz CT molecular complexity index is 457. The van der Waals surface area contributed by atoms with Crippen LogP contribution < -0.4 is 10.1 Å². The summed E-state index contributed by atoms with van der Waals surface area (Å²) >= 11 is 12.0. The lowest BCUT2D eigenvalue weighted by atomic mass is 10.0. The largest absolute Gasteiger partial charge is 0.492 e. The van der Waals surface area contributed by atoms with E-state index in [0.717, 1.165) is 19.4 Å². The maximum atomic E-state index is 12.4. The van der Waals surface area contributed by atoms with Crippen molar-refractivity contribution in [2.24, 2.45) is 0 Å². The van der Waals surface area contributed by atoms with Crippen LogP contribution in [0.3, 0.4) is 0 Å². The lowest BCUT2D eigenvalue weighted by molar-refractivity contribution is 0.0948. The fourth-order valence-corrected chi connectivity index (χ4v) is 2.68. The second-order valence-corrected chi connectivity index (χ2v) is 5.05. The fraction of sp³-hybridized carbons (Fsp3) is 0.462. The first-order valence-electron chi connectivity index (χ1n) is 6.03. The number of benzene rings is 1. The van der Waals surface area contributed by atoms with Crippen LogP contribution in [0.2, 0.25) is 10.0 Å². The van der Waals surface area contributed by atoms with E-state index in [9.17, 15) is 4.79 Å². The first-order chi connectivity index (χ1) is 8.63. The molecule has 5 heteroatoms. The van der Waals surface area contributed by atoms with Crippen molar-refractivity contribution in [1.29, 1.82) is 0 Å². The van der Waals surface area contributed by atoms with Gasteiger partial charge in [-0.25, -0.2) is 0 Å². The Balaban J connectivity index is 2.37. The van der Waals surface area contributed by atoms with Gasteiger partial charge < -0.3 is 10.1 Å². The standard InChI is InChI=1S/C13H15Cl2NO2/c1-2-18-13-9(6-8(14)7-10(13)15)12(17)11-4-3-5-16-11/h6-7,11,16H,2-5H2,1H3. The Morgan fingerprint density at radius 2 is 2.28 bits per heavy atom. The van der Waals surface area contributed by atoms with Crippen molar-refractivity contribution in [2.75, 3.05) is 13.2 Å². The van der Waals surface area contributed by atoms with Crippen molar-refractivity contribution >= 4 is 29.0 Å². The van der Waals surface area contributed by atoms with Crippen molar-refractivity contribution in [2.45, 2.75) is 25.8 Å². The second-order valence-electron chi connectivity index (χ2n) is 4.21. The summed E-state index contributed by atoms with van der Waals surface area (Å²) in [6.07, 6.45) is 1.85. The number of Topliss-reactive ketones (excluding diaryl/α,β-unsaturated/α-hetero) is 1. The van der Waals surface area contributed by atoms with Gasteiger partial charge in [0.25, 0.3) is 0 Å². The number of ketones is 1. The van der Waals surface area contributed by atoms with E-state index in [4.69, 9.17) is 27.9 Å². The molecule has 0 bridgehead atoms. The molecule has 1 atom stereocenters. The molecule has 1 fully saturated rings. The van der Waals surface area contributed by atoms with E-state index < -0.39 is 0 Å². The van der Waals surface area contributed by atoms with Gasteiger partial charge in [-0.2, -0.15) is 0 Å². The molecule has 1 unspecified atom stereocenters. The van der Waals surface area contributed by atoms with Gasteiger partial charge in [0.15, 0.2) is 5.78 Å². The molecule has 3 nitrogen and oxygen atoms in total. The molecule has 0 radical (unpaired) electrons. The van der Waals surface area contributed by atoms with Crippen molar-refractivity contribution in [3.8, 4) is 5.75 Å². The number of carbonyl (C=O) groups is 1. The minimum Gasteiger partial charge on any atom is -0.492 e. The summed E-state index contributed by atoms with van der Waals surface area (Å²) in [4.78, 5) is 12.4. The molecular weight excluding hydrogens is 273 g/mol. The summed E-state index contributed by atoms with van der Waals surface area (Å²) in [5.74, 6) is 0.433. The third-order valence-corrected chi connectivity index (χ3v) is 3.44. The monoisotopic (exact) mass is 287 g/mol. The van der Waals surface area contributed by atoms with Gasteiger partial charge in [0.1, 0.15) is 5.75 Å². The first-order valence-corrected chi connectivity index (χ1v) is 6.78. The topological polar surface area (TPSA) is 38.3 Å². The molecular formula is C13H15Cl2NO2. The molecule has 1 aromatic carbocycles. The smallest absolute Gasteiger partial charge is 0.183 e. The van der Waals surface area contributed by atoms with E-state index in [1.807, 2.05) is 6.92 Å². The molecule has 1 aliphatic rings. The van der Waals surface area contributed by atoms with Gasteiger partial charge in [0.2, 0.25) is 0 Å². The molecule has 1 saturated heterocycles. The molecule has 0 amide bonds. The Morgan fingerprint density at radius 1 is 1.50 bits per heavy atom. The van der Waals surface area contributed by atoms with Crippen LogP contribution in [-0.4, -0.2) is 25.0 Å². The van der Waals surface area contributed by atoms with Gasteiger partial charge in [-0.15, -0.1) is 0 Å². The maximum absolute atomic E-state index is 12.4. The molecule has 1 heterocycles. The van der Waals surface area contributed by atoms with Crippen LogP contribution in [0.5, 0.6) is 5.75 Å². The highest BCUT2D eigenvalue weighted by Crippen LogP contribution is 2.33. The van der Waals surface area contributed by atoms with Gasteiger partial charge in [-0.05, 0) is 38.4 Å². The summed E-state index contributed by atoms with van der Waals surface area (Å²) in [5.41, 5.74) is 0.466. The van der Waals surface area contributed by atoms with Crippen LogP contribution in [0.1, 0.15) is 30.1 Å². The highest BCUT2D eigenvalue weighted by Gasteiger charge is 2.27. The second kappa shape index (κ2) is 5.91. The van der Waals surface area contributed by atoms with Gasteiger partial charge in [-0.1, -0.05) is 23.2 Å². The van der Waals surface area contributed by atoms with Gasteiger partial charge in [0, 0.05) is 5.02 Å². The molecule has 1 N–H and O–H groups in total. The minimum atomic E-state index is -0.154. The van der Waals surface area contributed by atoms with E-state index in [0.29, 0.717) is 28.0 Å². The SMILES string of the molecule is CCOc1c(Cl)cc(Cl)cc1C(=O)C1CCCN1. The molecule has 0 saturated carbocycles. The van der Waals surface area contributed by atoms with Crippen molar-refractivity contribution < 1.29 is 9.53 Å². The average Bonchev–Trinajstić information content (AvgIpc) is 2.85. The predicted octanol–water partition coefficient (Wildman–Crippen LogP) is 3.33. The number of halogens is 2. The zero-order valence-electron chi connectivity index (χ0n) is 10.1. The number of ether oxygens (including phenoxy) is 1. The third-order valence-electron chi connectivity index (χ3n) is 2.94. The Labute approximate surface area is 116 Å². The van der Waals surface area contributed by atoms with Crippen molar-refractivity contribution in [3.63, 3.8) is 0 Å².